The first-order valence-corrected chi connectivity index (χ1v) is 5.53. The van der Waals surface area contributed by atoms with Crippen molar-refractivity contribution in [2.45, 2.75) is 13.5 Å². The fraction of sp³-hybridized carbons (Fsp3) is 0.167. The van der Waals surface area contributed by atoms with Crippen molar-refractivity contribution in [1.29, 1.82) is 5.26 Å². The number of nitro groups is 1. The molecule has 0 atom stereocenters. The summed E-state index contributed by atoms with van der Waals surface area (Å²) in [6, 6.07) is 5.81. The van der Waals surface area contributed by atoms with Crippen LogP contribution in [-0.4, -0.2) is 14.7 Å². The molecule has 1 heterocycles. The molecule has 19 heavy (non-hydrogen) atoms. The number of aromatic nitrogens is 2. The maximum absolute atomic E-state index is 10.7. The third kappa shape index (κ3) is 2.69. The van der Waals surface area contributed by atoms with Crippen LogP contribution in [0.15, 0.2) is 30.6 Å². The summed E-state index contributed by atoms with van der Waals surface area (Å²) < 4.78 is 7.17. The Morgan fingerprint density at radius 1 is 1.53 bits per heavy atom. The highest BCUT2D eigenvalue weighted by atomic mass is 16.6. The molecule has 0 radical (unpaired) electrons. The van der Waals surface area contributed by atoms with Crippen molar-refractivity contribution in [3.63, 3.8) is 0 Å². The van der Waals surface area contributed by atoms with Crippen molar-refractivity contribution in [1.82, 2.24) is 9.78 Å². The van der Waals surface area contributed by atoms with E-state index in [1.54, 1.807) is 16.9 Å². The zero-order valence-electron chi connectivity index (χ0n) is 10.1. The van der Waals surface area contributed by atoms with Gasteiger partial charge in [-0.25, -0.2) is 0 Å². The standard InChI is InChI=1S/C12H10N4O3/c1-2-15-8-11(7-14-15)19-10-3-4-12(16(17)18)9(5-10)6-13/h3-5,7-8H,2H2,1H3. The summed E-state index contributed by atoms with van der Waals surface area (Å²) in [5.74, 6) is 0.873. The molecule has 7 heteroatoms. The summed E-state index contributed by atoms with van der Waals surface area (Å²) in [4.78, 5) is 10.1. The molecule has 7 nitrogen and oxygen atoms in total. The van der Waals surface area contributed by atoms with Gasteiger partial charge in [-0.1, -0.05) is 0 Å². The van der Waals surface area contributed by atoms with Crippen molar-refractivity contribution in [3.05, 3.63) is 46.3 Å². The number of nitrogens with zero attached hydrogens (tertiary/aromatic N) is 4. The Hall–Kier alpha value is -2.88. The number of aryl methyl sites for hydroxylation is 1. The smallest absolute Gasteiger partial charge is 0.287 e. The van der Waals surface area contributed by atoms with Crippen LogP contribution < -0.4 is 4.74 Å². The van der Waals surface area contributed by atoms with E-state index in [0.717, 1.165) is 0 Å². The number of hydrogen-bond acceptors (Lipinski definition) is 5. The van der Waals surface area contributed by atoms with Crippen molar-refractivity contribution in [2.24, 2.45) is 0 Å². The fourth-order valence-corrected chi connectivity index (χ4v) is 1.53. The SMILES string of the molecule is CCn1cc(Oc2ccc([N+](=O)[O-])c(C#N)c2)cn1. The Kier molecular flexibility index (Phi) is 3.43. The van der Waals surface area contributed by atoms with Crippen LogP contribution in [0.1, 0.15) is 12.5 Å². The average Bonchev–Trinajstić information content (AvgIpc) is 2.86. The zero-order chi connectivity index (χ0) is 13.8. The molecule has 0 spiro atoms. The van der Waals surface area contributed by atoms with Gasteiger partial charge in [0.2, 0.25) is 0 Å². The second kappa shape index (κ2) is 5.18. The molecule has 0 saturated carbocycles. The summed E-state index contributed by atoms with van der Waals surface area (Å²) in [6.07, 6.45) is 3.24. The van der Waals surface area contributed by atoms with E-state index in [1.165, 1.54) is 24.4 Å². The van der Waals surface area contributed by atoms with Crippen molar-refractivity contribution in [3.8, 4) is 17.6 Å². The van der Waals surface area contributed by atoms with E-state index in [2.05, 4.69) is 5.10 Å². The molecule has 1 aromatic carbocycles. The largest absolute Gasteiger partial charge is 0.454 e. The number of ether oxygens (including phenoxy) is 1. The number of nitro benzene ring substituents is 1. The zero-order valence-corrected chi connectivity index (χ0v) is 10.1. The Morgan fingerprint density at radius 2 is 2.32 bits per heavy atom. The second-order valence-corrected chi connectivity index (χ2v) is 3.68. The minimum Gasteiger partial charge on any atom is -0.454 e. The first kappa shape index (κ1) is 12.6. The van der Waals surface area contributed by atoms with E-state index < -0.39 is 4.92 Å². The molecule has 0 N–H and O–H groups in total. The van der Waals surface area contributed by atoms with E-state index in [-0.39, 0.29) is 11.3 Å². The predicted octanol–water partition coefficient (Wildman–Crippen LogP) is 2.48. The van der Waals surface area contributed by atoms with Crippen LogP contribution in [0.3, 0.4) is 0 Å². The Bertz CT molecular complexity index is 657. The second-order valence-electron chi connectivity index (χ2n) is 3.68. The van der Waals surface area contributed by atoms with E-state index in [1.807, 2.05) is 6.92 Å². The average molecular weight is 258 g/mol. The molecule has 0 saturated heterocycles. The summed E-state index contributed by atoms with van der Waals surface area (Å²) in [5, 5.41) is 23.6. The van der Waals surface area contributed by atoms with Crippen molar-refractivity contribution >= 4 is 5.69 Å². The minimum atomic E-state index is -0.600. The lowest BCUT2D eigenvalue weighted by atomic mass is 10.2. The number of nitriles is 1. The molecule has 0 fully saturated rings. The summed E-state index contributed by atoms with van der Waals surface area (Å²) in [5.41, 5.74) is -0.274. The maximum atomic E-state index is 10.7. The first-order chi connectivity index (χ1) is 9.13. The van der Waals surface area contributed by atoms with E-state index in [4.69, 9.17) is 10.00 Å². The van der Waals surface area contributed by atoms with Crippen LogP contribution in [0.2, 0.25) is 0 Å². The molecule has 0 aliphatic rings. The van der Waals surface area contributed by atoms with Crippen molar-refractivity contribution in [2.75, 3.05) is 0 Å². The quantitative estimate of drug-likeness (QED) is 0.620. The van der Waals surface area contributed by atoms with E-state index in [0.29, 0.717) is 18.0 Å². The van der Waals surface area contributed by atoms with Gasteiger partial charge in [-0.2, -0.15) is 10.4 Å². The van der Waals surface area contributed by atoms with Gasteiger partial charge in [-0.15, -0.1) is 0 Å². The highest BCUT2D eigenvalue weighted by molar-refractivity contribution is 5.52. The predicted molar refractivity (Wildman–Crippen MR) is 65.8 cm³/mol. The van der Waals surface area contributed by atoms with Gasteiger partial charge in [0.15, 0.2) is 5.75 Å². The molecule has 2 rings (SSSR count). The molecule has 0 bridgehead atoms. The van der Waals surface area contributed by atoms with Gasteiger partial charge in [-0.05, 0) is 13.0 Å². The highest BCUT2D eigenvalue weighted by Gasteiger charge is 2.14. The molecule has 96 valence electrons. The fourth-order valence-electron chi connectivity index (χ4n) is 1.53. The Morgan fingerprint density at radius 3 is 2.89 bits per heavy atom. The van der Waals surface area contributed by atoms with Gasteiger partial charge in [0.1, 0.15) is 17.4 Å². The molecule has 0 aliphatic heterocycles. The molecular weight excluding hydrogens is 248 g/mol. The van der Waals surface area contributed by atoms with Crippen molar-refractivity contribution < 1.29 is 9.66 Å². The lowest BCUT2D eigenvalue weighted by molar-refractivity contribution is -0.385. The van der Waals surface area contributed by atoms with Gasteiger partial charge in [0, 0.05) is 18.7 Å². The Balaban J connectivity index is 2.27. The third-order valence-electron chi connectivity index (χ3n) is 2.45. The van der Waals surface area contributed by atoms with Gasteiger partial charge >= 0.3 is 0 Å². The van der Waals surface area contributed by atoms with Gasteiger partial charge in [0.25, 0.3) is 5.69 Å². The summed E-state index contributed by atoms with van der Waals surface area (Å²) >= 11 is 0. The van der Waals surface area contributed by atoms with Crippen LogP contribution in [0.4, 0.5) is 5.69 Å². The topological polar surface area (TPSA) is 94.0 Å². The molecular formula is C12H10N4O3. The lowest BCUT2D eigenvalue weighted by Crippen LogP contribution is -1.93. The normalized spacial score (nSPS) is 9.89. The van der Waals surface area contributed by atoms with Crippen LogP contribution in [0, 0.1) is 21.4 Å². The Labute approximate surface area is 108 Å². The lowest BCUT2D eigenvalue weighted by Gasteiger charge is -2.03. The van der Waals surface area contributed by atoms with E-state index in [9.17, 15) is 10.1 Å². The van der Waals surface area contributed by atoms with Gasteiger partial charge in [0.05, 0.1) is 17.3 Å². The van der Waals surface area contributed by atoms with Crippen LogP contribution >= 0.6 is 0 Å². The minimum absolute atomic E-state index is 0.0367. The summed E-state index contributed by atoms with van der Waals surface area (Å²) in [7, 11) is 0. The molecule has 0 unspecified atom stereocenters. The molecule has 1 aromatic heterocycles. The number of hydrogen-bond donors (Lipinski definition) is 0. The van der Waals surface area contributed by atoms with E-state index >= 15 is 0 Å². The molecule has 2 aromatic rings. The van der Waals surface area contributed by atoms with Gasteiger partial charge in [-0.3, -0.25) is 14.8 Å². The first-order valence-electron chi connectivity index (χ1n) is 5.53. The van der Waals surface area contributed by atoms with Crippen LogP contribution in [0.25, 0.3) is 0 Å². The summed E-state index contributed by atoms with van der Waals surface area (Å²) in [6.45, 7) is 2.66. The monoisotopic (exact) mass is 258 g/mol. The third-order valence-corrected chi connectivity index (χ3v) is 2.45. The van der Waals surface area contributed by atoms with Gasteiger partial charge < -0.3 is 4.74 Å². The van der Waals surface area contributed by atoms with Crippen LogP contribution in [-0.2, 0) is 6.54 Å². The van der Waals surface area contributed by atoms with Crippen LogP contribution in [0.5, 0.6) is 11.5 Å². The molecule has 0 aliphatic carbocycles. The maximum Gasteiger partial charge on any atom is 0.287 e. The highest BCUT2D eigenvalue weighted by Crippen LogP contribution is 2.26. The number of rotatable bonds is 4. The number of benzene rings is 1. The molecule has 0 amide bonds.